The predicted octanol–water partition coefficient (Wildman–Crippen LogP) is 0.890. The highest BCUT2D eigenvalue weighted by Gasteiger charge is 2.30. The normalized spacial score (nSPS) is 24.6. The van der Waals surface area contributed by atoms with Crippen LogP contribution in [0, 0.1) is 5.92 Å². The fraction of sp³-hybridized carbons (Fsp3) is 0.706. The number of carboxylic acids is 1. The fourth-order valence-corrected chi connectivity index (χ4v) is 3.64. The van der Waals surface area contributed by atoms with E-state index in [-0.39, 0.29) is 6.04 Å². The molecule has 25 heavy (non-hydrogen) atoms. The Morgan fingerprint density at radius 2 is 1.92 bits per heavy atom. The minimum atomic E-state index is -0.744. The number of hydrogen-bond acceptors (Lipinski definition) is 7. The second-order valence-corrected chi connectivity index (χ2v) is 7.28. The molecule has 2 aliphatic heterocycles. The summed E-state index contributed by atoms with van der Waals surface area (Å²) in [6.45, 7) is 3.09. The molecular formula is C17H28N6O2. The van der Waals surface area contributed by atoms with Crippen LogP contribution in [0.3, 0.4) is 0 Å². The van der Waals surface area contributed by atoms with Gasteiger partial charge in [0.05, 0.1) is 5.92 Å². The second kappa shape index (κ2) is 7.43. The van der Waals surface area contributed by atoms with Crippen molar-refractivity contribution in [2.75, 3.05) is 55.8 Å². The van der Waals surface area contributed by atoms with Gasteiger partial charge in [-0.1, -0.05) is 0 Å². The van der Waals surface area contributed by atoms with Gasteiger partial charge in [0, 0.05) is 38.3 Å². The first-order chi connectivity index (χ1) is 11.9. The SMILES string of the molecule is CN(C)[C@@H]1CC[C@H](C(=O)O)CN(c2cc(N)nc(N3CCCC3)n2)C1. The molecule has 3 rings (SSSR count). The zero-order valence-electron chi connectivity index (χ0n) is 15.1. The Hall–Kier alpha value is -2.09. The number of rotatable bonds is 4. The number of aromatic nitrogens is 2. The summed E-state index contributed by atoms with van der Waals surface area (Å²) in [7, 11) is 4.07. The molecule has 8 heteroatoms. The summed E-state index contributed by atoms with van der Waals surface area (Å²) in [4.78, 5) is 27.1. The largest absolute Gasteiger partial charge is 0.481 e. The van der Waals surface area contributed by atoms with E-state index in [1.54, 1.807) is 6.07 Å². The zero-order valence-corrected chi connectivity index (χ0v) is 15.1. The summed E-state index contributed by atoms with van der Waals surface area (Å²) >= 11 is 0. The van der Waals surface area contributed by atoms with Crippen molar-refractivity contribution < 1.29 is 9.90 Å². The van der Waals surface area contributed by atoms with Gasteiger partial charge in [-0.3, -0.25) is 4.79 Å². The third kappa shape index (κ3) is 4.12. The molecule has 138 valence electrons. The molecule has 2 saturated heterocycles. The first kappa shape index (κ1) is 17.7. The molecule has 2 fully saturated rings. The summed E-state index contributed by atoms with van der Waals surface area (Å²) in [5.41, 5.74) is 6.03. The van der Waals surface area contributed by atoms with Crippen molar-refractivity contribution in [3.63, 3.8) is 0 Å². The Labute approximate surface area is 148 Å². The van der Waals surface area contributed by atoms with E-state index < -0.39 is 11.9 Å². The van der Waals surface area contributed by atoms with Gasteiger partial charge in [0.2, 0.25) is 5.95 Å². The number of carboxylic acid groups (broad SMARTS) is 1. The van der Waals surface area contributed by atoms with Gasteiger partial charge in [-0.05, 0) is 39.8 Å². The van der Waals surface area contributed by atoms with Crippen molar-refractivity contribution >= 4 is 23.6 Å². The molecule has 0 aliphatic carbocycles. The molecule has 1 aromatic heterocycles. The van der Waals surface area contributed by atoms with Gasteiger partial charge in [0.25, 0.3) is 0 Å². The molecule has 0 spiro atoms. The van der Waals surface area contributed by atoms with E-state index in [0.29, 0.717) is 24.7 Å². The van der Waals surface area contributed by atoms with Gasteiger partial charge < -0.3 is 25.5 Å². The maximum atomic E-state index is 11.6. The van der Waals surface area contributed by atoms with Crippen molar-refractivity contribution in [3.8, 4) is 0 Å². The van der Waals surface area contributed by atoms with Crippen molar-refractivity contribution in [3.05, 3.63) is 6.07 Å². The van der Waals surface area contributed by atoms with E-state index in [1.807, 2.05) is 14.1 Å². The lowest BCUT2D eigenvalue weighted by molar-refractivity contribution is -0.141. The number of nitrogens with zero attached hydrogens (tertiary/aromatic N) is 5. The second-order valence-electron chi connectivity index (χ2n) is 7.28. The summed E-state index contributed by atoms with van der Waals surface area (Å²) in [5, 5.41) is 9.53. The van der Waals surface area contributed by atoms with E-state index in [2.05, 4.69) is 19.7 Å². The molecule has 1 aromatic rings. The standard InChI is InChI=1S/C17H28N6O2/c1-21(2)13-6-5-12(16(24)25)10-23(11-13)15-9-14(18)19-17(20-15)22-7-3-4-8-22/h9,12-13H,3-8,10-11H2,1-2H3,(H,24,25)(H2,18,19,20)/t12-,13+/m0/s1. The summed E-state index contributed by atoms with van der Waals surface area (Å²) in [6, 6.07) is 2.05. The molecule has 2 atom stereocenters. The number of nitrogens with two attached hydrogens (primary N) is 1. The van der Waals surface area contributed by atoms with E-state index in [9.17, 15) is 9.90 Å². The first-order valence-electron chi connectivity index (χ1n) is 8.97. The summed E-state index contributed by atoms with van der Waals surface area (Å²) < 4.78 is 0. The molecular weight excluding hydrogens is 320 g/mol. The Kier molecular flexibility index (Phi) is 5.27. The van der Waals surface area contributed by atoms with Gasteiger partial charge in [-0.15, -0.1) is 0 Å². The molecule has 3 N–H and O–H groups in total. The van der Waals surface area contributed by atoms with Crippen LogP contribution in [0.1, 0.15) is 25.7 Å². The highest BCUT2D eigenvalue weighted by Crippen LogP contribution is 2.26. The number of carbonyl (C=O) groups is 1. The lowest BCUT2D eigenvalue weighted by atomic mass is 10.0. The maximum Gasteiger partial charge on any atom is 0.308 e. The van der Waals surface area contributed by atoms with E-state index in [4.69, 9.17) is 10.7 Å². The Balaban J connectivity index is 1.89. The van der Waals surface area contributed by atoms with Crippen molar-refractivity contribution in [2.24, 2.45) is 5.92 Å². The third-order valence-corrected chi connectivity index (χ3v) is 5.23. The minimum absolute atomic E-state index is 0.288. The molecule has 3 heterocycles. The average molecular weight is 348 g/mol. The van der Waals surface area contributed by atoms with Gasteiger partial charge in [0.15, 0.2) is 0 Å². The van der Waals surface area contributed by atoms with Gasteiger partial charge >= 0.3 is 5.97 Å². The number of hydrogen-bond donors (Lipinski definition) is 2. The minimum Gasteiger partial charge on any atom is -0.481 e. The van der Waals surface area contributed by atoms with Crippen LogP contribution >= 0.6 is 0 Å². The van der Waals surface area contributed by atoms with Crippen LogP contribution in [0.2, 0.25) is 0 Å². The summed E-state index contributed by atoms with van der Waals surface area (Å²) in [6.07, 6.45) is 3.82. The number of nitrogen functional groups attached to an aromatic ring is 1. The monoisotopic (exact) mass is 348 g/mol. The van der Waals surface area contributed by atoms with Crippen LogP contribution in [-0.4, -0.2) is 72.3 Å². The van der Waals surface area contributed by atoms with Crippen LogP contribution < -0.4 is 15.5 Å². The summed E-state index contributed by atoms with van der Waals surface area (Å²) in [5.74, 6) is 0.687. The highest BCUT2D eigenvalue weighted by atomic mass is 16.4. The van der Waals surface area contributed by atoms with Gasteiger partial charge in [-0.2, -0.15) is 9.97 Å². The fourth-order valence-electron chi connectivity index (χ4n) is 3.64. The Morgan fingerprint density at radius 1 is 1.20 bits per heavy atom. The molecule has 8 nitrogen and oxygen atoms in total. The molecule has 0 saturated carbocycles. The maximum absolute atomic E-state index is 11.6. The topological polar surface area (TPSA) is 98.8 Å². The average Bonchev–Trinajstić information content (AvgIpc) is 2.99. The number of likely N-dealkylation sites (N-methyl/N-ethyl adjacent to an activating group) is 1. The van der Waals surface area contributed by atoms with Crippen LogP contribution in [0.25, 0.3) is 0 Å². The smallest absolute Gasteiger partial charge is 0.308 e. The third-order valence-electron chi connectivity index (χ3n) is 5.23. The molecule has 0 bridgehead atoms. The molecule has 0 amide bonds. The van der Waals surface area contributed by atoms with Gasteiger partial charge in [-0.25, -0.2) is 0 Å². The first-order valence-corrected chi connectivity index (χ1v) is 8.97. The Bertz CT molecular complexity index is 617. The van der Waals surface area contributed by atoms with Gasteiger partial charge in [0.1, 0.15) is 11.6 Å². The van der Waals surface area contributed by atoms with Crippen molar-refractivity contribution in [1.82, 2.24) is 14.9 Å². The molecule has 0 aromatic carbocycles. The number of aliphatic carboxylic acids is 1. The van der Waals surface area contributed by atoms with Crippen LogP contribution in [0.4, 0.5) is 17.6 Å². The molecule has 2 aliphatic rings. The lowest BCUT2D eigenvalue weighted by Gasteiger charge is -2.30. The highest BCUT2D eigenvalue weighted by molar-refractivity contribution is 5.71. The predicted molar refractivity (Wildman–Crippen MR) is 97.9 cm³/mol. The van der Waals surface area contributed by atoms with Crippen LogP contribution in [0.5, 0.6) is 0 Å². The molecule has 0 radical (unpaired) electrons. The van der Waals surface area contributed by atoms with Crippen molar-refractivity contribution in [1.29, 1.82) is 0 Å². The van der Waals surface area contributed by atoms with E-state index in [1.165, 1.54) is 0 Å². The Morgan fingerprint density at radius 3 is 2.56 bits per heavy atom. The van der Waals surface area contributed by atoms with Crippen LogP contribution in [-0.2, 0) is 4.79 Å². The van der Waals surface area contributed by atoms with Crippen LogP contribution in [0.15, 0.2) is 6.07 Å². The van der Waals surface area contributed by atoms with Crippen molar-refractivity contribution in [2.45, 2.75) is 31.7 Å². The molecule has 0 unspecified atom stereocenters. The van der Waals surface area contributed by atoms with E-state index in [0.717, 1.165) is 44.7 Å². The quantitative estimate of drug-likeness (QED) is 0.828. The lowest BCUT2D eigenvalue weighted by Crippen LogP contribution is -2.40. The van der Waals surface area contributed by atoms with E-state index >= 15 is 0 Å². The number of anilines is 3. The zero-order chi connectivity index (χ0) is 18.0.